The first-order valence-corrected chi connectivity index (χ1v) is 10.8. The van der Waals surface area contributed by atoms with Crippen LogP contribution in [0.5, 0.6) is 11.6 Å². The van der Waals surface area contributed by atoms with Crippen LogP contribution in [0.3, 0.4) is 0 Å². The van der Waals surface area contributed by atoms with Gasteiger partial charge in [-0.05, 0) is 54.0 Å². The lowest BCUT2D eigenvalue weighted by molar-refractivity contribution is -0.118. The van der Waals surface area contributed by atoms with E-state index < -0.39 is 0 Å². The number of Topliss-reactive ketones (excluding diaryl/α,β-unsaturated/α-hetero) is 1. The number of aryl methyl sites for hydroxylation is 1. The molecule has 1 aromatic heterocycles. The number of ether oxygens (including phenoxy) is 2. The van der Waals surface area contributed by atoms with Crippen molar-refractivity contribution < 1.29 is 19.4 Å². The van der Waals surface area contributed by atoms with Crippen LogP contribution in [0.4, 0.5) is 0 Å². The zero-order chi connectivity index (χ0) is 21.3. The number of aliphatic hydroxyl groups excluding tert-OH is 1. The lowest BCUT2D eigenvalue weighted by Crippen LogP contribution is -2.36. The number of hydrogen-bond acceptors (Lipinski definition) is 5. The van der Waals surface area contributed by atoms with Crippen LogP contribution in [0, 0.1) is 5.41 Å². The summed E-state index contributed by atoms with van der Waals surface area (Å²) in [6.07, 6.45) is 4.68. The molecule has 2 aliphatic rings. The number of rotatable bonds is 4. The van der Waals surface area contributed by atoms with Crippen molar-refractivity contribution in [2.24, 2.45) is 5.41 Å². The third-order valence-electron chi connectivity index (χ3n) is 5.92. The second-order valence-electron chi connectivity index (χ2n) is 7.93. The van der Waals surface area contributed by atoms with Gasteiger partial charge in [0.15, 0.2) is 5.78 Å². The van der Waals surface area contributed by atoms with Gasteiger partial charge in [-0.3, -0.25) is 4.79 Å². The lowest BCUT2D eigenvalue weighted by Gasteiger charge is -2.39. The van der Waals surface area contributed by atoms with Crippen LogP contribution in [-0.2, 0) is 16.0 Å². The minimum atomic E-state index is -0.190. The highest BCUT2D eigenvalue weighted by Crippen LogP contribution is 2.47. The van der Waals surface area contributed by atoms with Crippen LogP contribution >= 0.6 is 23.2 Å². The summed E-state index contributed by atoms with van der Waals surface area (Å²) in [6.45, 7) is 3.28. The Labute approximate surface area is 185 Å². The van der Waals surface area contributed by atoms with Gasteiger partial charge in [0.05, 0.1) is 10.6 Å². The van der Waals surface area contributed by atoms with Crippen LogP contribution in [0.2, 0.25) is 10.0 Å². The maximum absolute atomic E-state index is 13.2. The van der Waals surface area contributed by atoms with E-state index in [4.69, 9.17) is 32.7 Å². The molecule has 0 unspecified atom stereocenters. The van der Waals surface area contributed by atoms with Crippen molar-refractivity contribution in [1.82, 2.24) is 4.98 Å². The first-order valence-electron chi connectivity index (χ1n) is 10.1. The summed E-state index contributed by atoms with van der Waals surface area (Å²) in [5.41, 5.74) is 1.87. The van der Waals surface area contributed by atoms with E-state index in [9.17, 15) is 9.90 Å². The zero-order valence-corrected chi connectivity index (χ0v) is 18.2. The molecule has 1 aromatic carbocycles. The molecule has 0 bridgehead atoms. The topological polar surface area (TPSA) is 68.7 Å². The van der Waals surface area contributed by atoms with Gasteiger partial charge in [-0.25, -0.2) is 4.98 Å². The Kier molecular flexibility index (Phi) is 6.05. The number of hydrogen-bond donors (Lipinski definition) is 1. The standard InChI is InChI=1S/C23H23Cl2NO4/c1-2-14-3-4-16(30-22-18(25)9-15(24)13-26-22)10-17(14)21-19(27)11-23(12-20(21)28)5-7-29-8-6-23/h3-4,9-10,13,27H,2,5-8,11-12H2,1H3. The second kappa shape index (κ2) is 8.58. The number of halogens is 2. The van der Waals surface area contributed by atoms with Crippen LogP contribution in [-0.4, -0.2) is 29.1 Å². The monoisotopic (exact) mass is 447 g/mol. The molecule has 1 N–H and O–H groups in total. The van der Waals surface area contributed by atoms with Gasteiger partial charge in [0, 0.05) is 32.3 Å². The first-order chi connectivity index (χ1) is 14.4. The van der Waals surface area contributed by atoms with E-state index >= 15 is 0 Å². The fourth-order valence-corrected chi connectivity index (χ4v) is 4.73. The lowest BCUT2D eigenvalue weighted by atomic mass is 9.67. The fraction of sp³-hybridized carbons (Fsp3) is 0.391. The molecule has 0 radical (unpaired) electrons. The molecule has 1 aliphatic heterocycles. The third kappa shape index (κ3) is 4.20. The van der Waals surface area contributed by atoms with Crippen molar-refractivity contribution in [3.8, 4) is 11.6 Å². The van der Waals surface area contributed by atoms with E-state index in [-0.39, 0.29) is 22.8 Å². The number of carbonyl (C=O) groups excluding carboxylic acids is 1. The number of benzene rings is 1. The molecule has 1 fully saturated rings. The smallest absolute Gasteiger partial charge is 0.238 e. The normalized spacial score (nSPS) is 18.7. The number of aromatic nitrogens is 1. The van der Waals surface area contributed by atoms with Gasteiger partial charge < -0.3 is 14.6 Å². The van der Waals surface area contributed by atoms with Crippen molar-refractivity contribution in [1.29, 1.82) is 0 Å². The molecular weight excluding hydrogens is 425 g/mol. The van der Waals surface area contributed by atoms with Gasteiger partial charge in [-0.15, -0.1) is 0 Å². The highest BCUT2D eigenvalue weighted by Gasteiger charge is 2.41. The Balaban J connectivity index is 1.69. The average Bonchev–Trinajstić information content (AvgIpc) is 2.70. The fourth-order valence-electron chi connectivity index (χ4n) is 4.31. The molecule has 2 heterocycles. The molecule has 1 spiro atoms. The number of carbonyl (C=O) groups is 1. The molecule has 0 saturated carbocycles. The Morgan fingerprint density at radius 3 is 2.63 bits per heavy atom. The number of nitrogens with zero attached hydrogens (tertiary/aromatic N) is 1. The highest BCUT2D eigenvalue weighted by molar-refractivity contribution is 6.35. The van der Waals surface area contributed by atoms with Crippen molar-refractivity contribution in [2.45, 2.75) is 39.0 Å². The average molecular weight is 448 g/mol. The Morgan fingerprint density at radius 1 is 1.20 bits per heavy atom. The molecule has 4 rings (SSSR count). The number of allylic oxidation sites excluding steroid dienone is 2. The van der Waals surface area contributed by atoms with E-state index in [2.05, 4.69) is 4.98 Å². The second-order valence-corrected chi connectivity index (χ2v) is 8.77. The van der Waals surface area contributed by atoms with Gasteiger partial charge >= 0.3 is 0 Å². The molecule has 158 valence electrons. The summed E-state index contributed by atoms with van der Waals surface area (Å²) in [5, 5.41) is 11.6. The van der Waals surface area contributed by atoms with E-state index in [1.54, 1.807) is 18.2 Å². The van der Waals surface area contributed by atoms with E-state index in [0.29, 0.717) is 53.0 Å². The summed E-state index contributed by atoms with van der Waals surface area (Å²) in [6, 6.07) is 7.04. The Hall–Kier alpha value is -2.08. The zero-order valence-electron chi connectivity index (χ0n) is 16.7. The molecule has 1 aliphatic carbocycles. The molecule has 30 heavy (non-hydrogen) atoms. The Morgan fingerprint density at radius 2 is 1.97 bits per heavy atom. The number of aliphatic hydroxyl groups is 1. The Bertz CT molecular complexity index is 1010. The van der Waals surface area contributed by atoms with Gasteiger partial charge in [0.1, 0.15) is 16.5 Å². The van der Waals surface area contributed by atoms with Gasteiger partial charge in [-0.1, -0.05) is 36.2 Å². The summed E-state index contributed by atoms with van der Waals surface area (Å²) < 4.78 is 11.3. The van der Waals surface area contributed by atoms with E-state index in [1.807, 2.05) is 13.0 Å². The van der Waals surface area contributed by atoms with Crippen molar-refractivity contribution >= 4 is 34.6 Å². The number of ketones is 1. The van der Waals surface area contributed by atoms with Gasteiger partial charge in [0.25, 0.3) is 0 Å². The van der Waals surface area contributed by atoms with Gasteiger partial charge in [0.2, 0.25) is 5.88 Å². The van der Waals surface area contributed by atoms with Crippen molar-refractivity contribution in [3.63, 3.8) is 0 Å². The molecule has 0 amide bonds. The minimum absolute atomic E-state index is 0.0323. The quantitative estimate of drug-likeness (QED) is 0.606. The predicted octanol–water partition coefficient (Wildman–Crippen LogP) is 6.17. The molecule has 7 heteroatoms. The molecule has 1 saturated heterocycles. The molecular formula is C23H23Cl2NO4. The SMILES string of the molecule is CCc1ccc(Oc2ncc(Cl)cc2Cl)cc1C1=C(O)CC2(CCOCC2)CC1=O. The third-order valence-corrected chi connectivity index (χ3v) is 6.40. The summed E-state index contributed by atoms with van der Waals surface area (Å²) >= 11 is 12.1. The molecule has 2 aromatic rings. The first kappa shape index (κ1) is 21.2. The van der Waals surface area contributed by atoms with Crippen molar-refractivity contribution in [3.05, 3.63) is 57.4 Å². The maximum Gasteiger partial charge on any atom is 0.238 e. The van der Waals surface area contributed by atoms with Crippen LogP contribution < -0.4 is 4.74 Å². The highest BCUT2D eigenvalue weighted by atomic mass is 35.5. The summed E-state index contributed by atoms with van der Waals surface area (Å²) in [5.74, 6) is 0.835. The van der Waals surface area contributed by atoms with Crippen LogP contribution in [0.15, 0.2) is 36.2 Å². The summed E-state index contributed by atoms with van der Waals surface area (Å²) in [7, 11) is 0. The van der Waals surface area contributed by atoms with E-state index in [1.165, 1.54) is 6.20 Å². The molecule has 5 nitrogen and oxygen atoms in total. The largest absolute Gasteiger partial charge is 0.512 e. The summed E-state index contributed by atoms with van der Waals surface area (Å²) in [4.78, 5) is 17.3. The predicted molar refractivity (Wildman–Crippen MR) is 116 cm³/mol. The van der Waals surface area contributed by atoms with Crippen molar-refractivity contribution in [2.75, 3.05) is 13.2 Å². The minimum Gasteiger partial charge on any atom is -0.512 e. The van der Waals surface area contributed by atoms with Crippen LogP contribution in [0.25, 0.3) is 5.57 Å². The number of pyridine rings is 1. The van der Waals surface area contributed by atoms with E-state index in [0.717, 1.165) is 24.8 Å². The van der Waals surface area contributed by atoms with Crippen LogP contribution in [0.1, 0.15) is 43.7 Å². The van der Waals surface area contributed by atoms with Gasteiger partial charge in [-0.2, -0.15) is 0 Å². The molecule has 0 atom stereocenters. The maximum atomic E-state index is 13.2.